The van der Waals surface area contributed by atoms with Gasteiger partial charge in [0, 0.05) is 13.6 Å². The zero-order valence-electron chi connectivity index (χ0n) is 22.0. The van der Waals surface area contributed by atoms with Crippen molar-refractivity contribution in [2.75, 3.05) is 31.6 Å². The van der Waals surface area contributed by atoms with Gasteiger partial charge in [0.05, 0.1) is 24.3 Å². The van der Waals surface area contributed by atoms with Crippen molar-refractivity contribution in [3.63, 3.8) is 0 Å². The van der Waals surface area contributed by atoms with E-state index in [1.54, 1.807) is 74.7 Å². The van der Waals surface area contributed by atoms with E-state index in [1.807, 2.05) is 13.0 Å². The molecule has 3 aromatic rings. The summed E-state index contributed by atoms with van der Waals surface area (Å²) in [7, 11) is -1.11. The number of rotatable bonds is 12. The molecule has 0 spiro atoms. The molecule has 2 amide bonds. The normalized spacial score (nSPS) is 11.8. The Kier molecular flexibility index (Phi) is 9.72. The fourth-order valence-electron chi connectivity index (χ4n) is 3.88. The number of sulfonamides is 1. The highest BCUT2D eigenvalue weighted by Gasteiger charge is 2.32. The molecule has 9 nitrogen and oxygen atoms in total. The highest BCUT2D eigenvalue weighted by molar-refractivity contribution is 7.92. The van der Waals surface area contributed by atoms with Gasteiger partial charge in [-0.1, -0.05) is 30.3 Å². The number of nitrogens with zero attached hydrogens (tertiary/aromatic N) is 2. The molecule has 0 saturated heterocycles. The van der Waals surface area contributed by atoms with Gasteiger partial charge in [-0.2, -0.15) is 0 Å². The van der Waals surface area contributed by atoms with E-state index in [9.17, 15) is 18.0 Å². The zero-order chi connectivity index (χ0) is 27.7. The van der Waals surface area contributed by atoms with Gasteiger partial charge in [0.15, 0.2) is 0 Å². The summed E-state index contributed by atoms with van der Waals surface area (Å²) in [5.74, 6) is 0.230. The summed E-state index contributed by atoms with van der Waals surface area (Å²) < 4.78 is 39.3. The summed E-state index contributed by atoms with van der Waals surface area (Å²) in [5, 5.41) is 2.56. The first-order valence-electron chi connectivity index (χ1n) is 12.2. The molecule has 0 bridgehead atoms. The minimum Gasteiger partial charge on any atom is -0.497 e. The molecular formula is C28H33N3O6S. The lowest BCUT2D eigenvalue weighted by molar-refractivity contribution is -0.139. The maximum atomic E-state index is 13.8. The van der Waals surface area contributed by atoms with Crippen LogP contribution in [-0.4, -0.2) is 58.5 Å². The monoisotopic (exact) mass is 539 g/mol. The Bertz CT molecular complexity index is 1330. The van der Waals surface area contributed by atoms with E-state index < -0.39 is 28.5 Å². The van der Waals surface area contributed by atoms with E-state index in [2.05, 4.69) is 5.32 Å². The molecule has 10 heteroatoms. The highest BCUT2D eigenvalue weighted by Crippen LogP contribution is 2.26. The third kappa shape index (κ3) is 6.83. The van der Waals surface area contributed by atoms with Gasteiger partial charge in [-0.15, -0.1) is 0 Å². The third-order valence-corrected chi connectivity index (χ3v) is 7.73. The van der Waals surface area contributed by atoms with Crippen LogP contribution in [0.5, 0.6) is 11.5 Å². The van der Waals surface area contributed by atoms with Crippen LogP contribution in [0.1, 0.15) is 19.4 Å². The minimum absolute atomic E-state index is 0.0105. The topological polar surface area (TPSA) is 105 Å². The number of hydrogen-bond donors (Lipinski definition) is 1. The van der Waals surface area contributed by atoms with E-state index in [0.717, 1.165) is 9.87 Å². The molecule has 3 aromatic carbocycles. The molecule has 3 rings (SSSR count). The Morgan fingerprint density at radius 1 is 0.947 bits per heavy atom. The minimum atomic E-state index is -4.14. The Balaban J connectivity index is 1.99. The molecule has 1 N–H and O–H groups in total. The van der Waals surface area contributed by atoms with Crippen LogP contribution in [0.3, 0.4) is 0 Å². The van der Waals surface area contributed by atoms with Crippen molar-refractivity contribution >= 4 is 27.5 Å². The number of benzene rings is 3. The van der Waals surface area contributed by atoms with Crippen molar-refractivity contribution in [2.45, 2.75) is 31.3 Å². The van der Waals surface area contributed by atoms with E-state index >= 15 is 0 Å². The van der Waals surface area contributed by atoms with Crippen LogP contribution < -0.4 is 19.1 Å². The predicted octanol–water partition coefficient (Wildman–Crippen LogP) is 3.45. The second kappa shape index (κ2) is 13.0. The van der Waals surface area contributed by atoms with Crippen molar-refractivity contribution in [1.29, 1.82) is 0 Å². The maximum Gasteiger partial charge on any atom is 0.264 e. The average Bonchev–Trinajstić information content (AvgIpc) is 2.94. The Morgan fingerprint density at radius 3 is 2.24 bits per heavy atom. The molecule has 0 fully saturated rings. The van der Waals surface area contributed by atoms with Gasteiger partial charge in [-0.3, -0.25) is 13.9 Å². The number of nitrogens with one attached hydrogen (secondary N) is 1. The highest BCUT2D eigenvalue weighted by atomic mass is 32.2. The molecule has 1 atom stereocenters. The number of para-hydroxylation sites is 1. The van der Waals surface area contributed by atoms with Gasteiger partial charge < -0.3 is 19.7 Å². The second-order valence-electron chi connectivity index (χ2n) is 8.42. The first-order valence-corrected chi connectivity index (χ1v) is 13.6. The predicted molar refractivity (Wildman–Crippen MR) is 146 cm³/mol. The third-order valence-electron chi connectivity index (χ3n) is 5.95. The fourth-order valence-corrected chi connectivity index (χ4v) is 5.30. The molecule has 0 aliphatic rings. The maximum absolute atomic E-state index is 13.8. The van der Waals surface area contributed by atoms with Gasteiger partial charge in [-0.05, 0) is 67.9 Å². The average molecular weight is 540 g/mol. The van der Waals surface area contributed by atoms with E-state index in [4.69, 9.17) is 9.47 Å². The molecular weight excluding hydrogens is 506 g/mol. The number of carbonyl (C=O) groups excluding carboxylic acids is 2. The summed E-state index contributed by atoms with van der Waals surface area (Å²) in [6.07, 6.45) is 0. The summed E-state index contributed by atoms with van der Waals surface area (Å²) in [5.41, 5.74) is 1.05. The molecule has 0 aromatic heterocycles. The molecule has 0 radical (unpaired) electrons. The quantitative estimate of drug-likeness (QED) is 0.378. The van der Waals surface area contributed by atoms with Crippen molar-refractivity contribution < 1.29 is 27.5 Å². The molecule has 202 valence electrons. The number of methoxy groups -OCH3 is 1. The van der Waals surface area contributed by atoms with Gasteiger partial charge >= 0.3 is 0 Å². The Labute approximate surface area is 224 Å². The van der Waals surface area contributed by atoms with Crippen molar-refractivity contribution in [3.05, 3.63) is 84.4 Å². The first kappa shape index (κ1) is 28.5. The van der Waals surface area contributed by atoms with Gasteiger partial charge in [-0.25, -0.2) is 8.42 Å². The van der Waals surface area contributed by atoms with Crippen LogP contribution in [0.25, 0.3) is 0 Å². The smallest absolute Gasteiger partial charge is 0.264 e. The Hall–Kier alpha value is -4.05. The van der Waals surface area contributed by atoms with Gasteiger partial charge in [0.2, 0.25) is 11.8 Å². The summed E-state index contributed by atoms with van der Waals surface area (Å²) in [4.78, 5) is 27.7. The van der Waals surface area contributed by atoms with E-state index in [1.165, 1.54) is 24.1 Å². The molecule has 0 aliphatic heterocycles. The standard InChI is InChI=1S/C28H33N3O6S/c1-5-37-24-14-16-26(17-15-24)38(34,35)31(23-11-7-6-8-12-23)20-27(32)30(21(2)28(33)29-3)19-22-10-9-13-25(18-22)36-4/h6-18,21H,5,19-20H2,1-4H3,(H,29,33)/t21-/m1/s1. The van der Waals surface area contributed by atoms with Crippen molar-refractivity contribution in [2.24, 2.45) is 0 Å². The van der Waals surface area contributed by atoms with Crippen LogP contribution in [0.2, 0.25) is 0 Å². The van der Waals surface area contributed by atoms with Gasteiger partial charge in [0.25, 0.3) is 10.0 Å². The lowest BCUT2D eigenvalue weighted by atomic mass is 10.1. The largest absolute Gasteiger partial charge is 0.497 e. The fraction of sp³-hybridized carbons (Fsp3) is 0.286. The summed E-state index contributed by atoms with van der Waals surface area (Å²) >= 11 is 0. The van der Waals surface area contributed by atoms with Crippen LogP contribution in [-0.2, 0) is 26.2 Å². The van der Waals surface area contributed by atoms with E-state index in [-0.39, 0.29) is 17.3 Å². The zero-order valence-corrected chi connectivity index (χ0v) is 22.8. The van der Waals surface area contributed by atoms with Gasteiger partial charge in [0.1, 0.15) is 24.1 Å². The molecule has 0 saturated carbocycles. The van der Waals surface area contributed by atoms with Crippen molar-refractivity contribution in [1.82, 2.24) is 10.2 Å². The number of amides is 2. The number of carbonyl (C=O) groups is 2. The van der Waals surface area contributed by atoms with Crippen LogP contribution in [0.15, 0.2) is 83.8 Å². The van der Waals surface area contributed by atoms with Crippen LogP contribution >= 0.6 is 0 Å². The van der Waals surface area contributed by atoms with Crippen LogP contribution in [0.4, 0.5) is 5.69 Å². The SMILES string of the molecule is CCOc1ccc(S(=O)(=O)N(CC(=O)N(Cc2cccc(OC)c2)[C@H](C)C(=O)NC)c2ccccc2)cc1. The molecule has 0 heterocycles. The first-order chi connectivity index (χ1) is 18.2. The van der Waals surface area contributed by atoms with Crippen LogP contribution in [0, 0.1) is 0 Å². The molecule has 0 unspecified atom stereocenters. The van der Waals surface area contributed by atoms with E-state index in [0.29, 0.717) is 23.8 Å². The summed E-state index contributed by atoms with van der Waals surface area (Å²) in [6, 6.07) is 20.7. The summed E-state index contributed by atoms with van der Waals surface area (Å²) in [6.45, 7) is 3.46. The number of anilines is 1. The lowest BCUT2D eigenvalue weighted by Gasteiger charge is -2.31. The number of hydrogen-bond acceptors (Lipinski definition) is 6. The second-order valence-corrected chi connectivity index (χ2v) is 10.3. The molecule has 38 heavy (non-hydrogen) atoms. The lowest BCUT2D eigenvalue weighted by Crippen LogP contribution is -2.50. The number of ether oxygens (including phenoxy) is 2. The molecule has 0 aliphatic carbocycles. The number of likely N-dealkylation sites (N-methyl/N-ethyl adjacent to an activating group) is 1. The van der Waals surface area contributed by atoms with Crippen molar-refractivity contribution in [3.8, 4) is 11.5 Å². The Morgan fingerprint density at radius 2 is 1.63 bits per heavy atom.